The smallest absolute Gasteiger partial charge is 0.201 e. The van der Waals surface area contributed by atoms with E-state index < -0.39 is 0 Å². The zero-order valence-corrected chi connectivity index (χ0v) is 5.49. The highest BCUT2D eigenvalue weighted by Gasteiger charge is 1.80. The number of carbonyl (C=O) groups excluding carboxylic acids is 1. The lowest BCUT2D eigenvalue weighted by Gasteiger charge is -1.68. The lowest BCUT2D eigenvalue weighted by molar-refractivity contribution is -0.107. The van der Waals surface area contributed by atoms with Crippen molar-refractivity contribution >= 4 is 39.0 Å². The second-order valence-electron chi connectivity index (χ2n) is 0.513. The molecule has 0 N–H and O–H groups in total. The zero-order valence-electron chi connectivity index (χ0n) is 2.44. The third kappa shape index (κ3) is 4.75. The maximum Gasteiger partial charge on any atom is 0.201 e. The molecule has 0 radical (unpaired) electrons. The summed E-state index contributed by atoms with van der Waals surface area (Å²) in [6.45, 7) is 0. The van der Waals surface area contributed by atoms with E-state index in [0.29, 0.717) is 5.75 Å². The number of rotatable bonds is 1. The maximum atomic E-state index is 9.72. The Bertz CT molecular complexity index is 44.9. The number of thiol groups is 1. The molecule has 0 amide bonds. The molecule has 0 aromatic rings. The Balaban J connectivity index is 2.85. The Morgan fingerprint density at radius 3 is 2.20 bits per heavy atom. The van der Waals surface area contributed by atoms with Gasteiger partial charge in [0.25, 0.3) is 0 Å². The second-order valence-corrected chi connectivity index (χ2v) is 2.03. The Morgan fingerprint density at radius 2 is 2.20 bits per heavy atom. The Labute approximate surface area is 49.7 Å². The van der Waals surface area contributed by atoms with E-state index in [-0.39, 0.29) is 3.79 Å². The van der Waals surface area contributed by atoms with Gasteiger partial charge in [-0.05, 0) is 0 Å². The van der Waals surface area contributed by atoms with Gasteiger partial charge in [-0.15, -0.1) is 0 Å². The molecule has 5 heavy (non-hydrogen) atoms. The molecular weight excluding hydrogens is 199 g/mol. The Kier molecular flexibility index (Phi) is 3.40. The van der Waals surface area contributed by atoms with Crippen LogP contribution in [0, 0.1) is 0 Å². The normalized spacial score (nSPS) is 7.60. The predicted molar refractivity (Wildman–Crippen MR) is 32.9 cm³/mol. The van der Waals surface area contributed by atoms with Crippen LogP contribution >= 0.6 is 35.2 Å². The van der Waals surface area contributed by atoms with Crippen LogP contribution in [0.15, 0.2) is 0 Å². The van der Waals surface area contributed by atoms with Crippen LogP contribution in [0.5, 0.6) is 0 Å². The van der Waals surface area contributed by atoms with Gasteiger partial charge in [0.15, 0.2) is 0 Å². The highest BCUT2D eigenvalue weighted by molar-refractivity contribution is 14.1. The predicted octanol–water partition coefficient (Wildman–Crippen LogP) is 0.878. The van der Waals surface area contributed by atoms with Crippen LogP contribution in [0.1, 0.15) is 0 Å². The van der Waals surface area contributed by atoms with Gasteiger partial charge in [0.2, 0.25) is 3.79 Å². The average molecular weight is 202 g/mol. The van der Waals surface area contributed by atoms with Crippen molar-refractivity contribution in [2.24, 2.45) is 0 Å². The van der Waals surface area contributed by atoms with E-state index in [1.165, 1.54) is 0 Å². The molecule has 0 aliphatic heterocycles. The third-order valence-corrected chi connectivity index (χ3v) is 1.40. The van der Waals surface area contributed by atoms with Gasteiger partial charge < -0.3 is 0 Å². The van der Waals surface area contributed by atoms with E-state index >= 15 is 0 Å². The SMILES string of the molecule is O=C(I)CS. The highest BCUT2D eigenvalue weighted by atomic mass is 127. The molecule has 30 valence electrons. The van der Waals surface area contributed by atoms with Crippen molar-refractivity contribution in [3.05, 3.63) is 0 Å². The lowest BCUT2D eigenvalue weighted by Crippen LogP contribution is -1.80. The van der Waals surface area contributed by atoms with Gasteiger partial charge >= 0.3 is 0 Å². The number of hydrogen-bond donors (Lipinski definition) is 1. The molecule has 0 spiro atoms. The average Bonchev–Trinajstić information content (AvgIpc) is 1.38. The molecule has 0 rings (SSSR count). The molecule has 0 bridgehead atoms. The van der Waals surface area contributed by atoms with Crippen molar-refractivity contribution in [1.82, 2.24) is 0 Å². The third-order valence-electron chi connectivity index (χ3n) is 0.124. The molecule has 0 atom stereocenters. The van der Waals surface area contributed by atoms with Crippen molar-refractivity contribution in [3.63, 3.8) is 0 Å². The molecule has 3 heteroatoms. The first-order valence-electron chi connectivity index (χ1n) is 1.06. The van der Waals surface area contributed by atoms with Crippen LogP contribution in [-0.4, -0.2) is 9.54 Å². The van der Waals surface area contributed by atoms with Crippen LogP contribution in [0.3, 0.4) is 0 Å². The number of carbonyl (C=O) groups is 1. The summed E-state index contributed by atoms with van der Waals surface area (Å²) in [5.74, 6) is 0.348. The Morgan fingerprint density at radius 1 is 2.00 bits per heavy atom. The van der Waals surface area contributed by atoms with Gasteiger partial charge in [-0.2, -0.15) is 12.6 Å². The van der Waals surface area contributed by atoms with Gasteiger partial charge in [0.05, 0.1) is 5.75 Å². The van der Waals surface area contributed by atoms with E-state index in [4.69, 9.17) is 0 Å². The summed E-state index contributed by atoms with van der Waals surface area (Å²) in [5, 5.41) is 0. The van der Waals surface area contributed by atoms with E-state index in [9.17, 15) is 4.79 Å². The molecule has 0 fully saturated rings. The van der Waals surface area contributed by atoms with Crippen molar-refractivity contribution in [2.75, 3.05) is 5.75 Å². The first-order valence-corrected chi connectivity index (χ1v) is 2.77. The number of halogens is 1. The first-order chi connectivity index (χ1) is 2.27. The molecule has 0 aliphatic carbocycles. The molecule has 0 aromatic heterocycles. The summed E-state index contributed by atoms with van der Waals surface area (Å²) >= 11 is 5.35. The van der Waals surface area contributed by atoms with Crippen LogP contribution in [0.4, 0.5) is 0 Å². The molecule has 0 aromatic carbocycles. The minimum absolute atomic E-state index is 0.0888. The molecule has 1 nitrogen and oxygen atoms in total. The fourth-order valence-corrected chi connectivity index (χ4v) is 0. The molecule has 0 saturated carbocycles. The van der Waals surface area contributed by atoms with Gasteiger partial charge in [-0.25, -0.2) is 0 Å². The zero-order chi connectivity index (χ0) is 4.28. The summed E-state index contributed by atoms with van der Waals surface area (Å²) in [5.41, 5.74) is 0. The van der Waals surface area contributed by atoms with Gasteiger partial charge in [0.1, 0.15) is 0 Å². The fraction of sp³-hybridized carbons (Fsp3) is 0.500. The Hall–Kier alpha value is 0.750. The van der Waals surface area contributed by atoms with Crippen molar-refractivity contribution < 1.29 is 4.79 Å². The quantitative estimate of drug-likeness (QED) is 0.379. The highest BCUT2D eigenvalue weighted by Crippen LogP contribution is 1.85. The topological polar surface area (TPSA) is 17.1 Å². The standard InChI is InChI=1S/C2H3IOS/c3-2(4)1-5/h5H,1H2. The summed E-state index contributed by atoms with van der Waals surface area (Å²) < 4.78 is 0.0888. The first kappa shape index (κ1) is 5.75. The van der Waals surface area contributed by atoms with Crippen LogP contribution in [0.25, 0.3) is 0 Å². The fourth-order valence-electron chi connectivity index (χ4n) is 0. The van der Waals surface area contributed by atoms with Crippen LogP contribution in [0.2, 0.25) is 0 Å². The molecular formula is C2H3IOS. The van der Waals surface area contributed by atoms with Crippen molar-refractivity contribution in [2.45, 2.75) is 0 Å². The number of hydrogen-bond acceptors (Lipinski definition) is 2. The summed E-state index contributed by atoms with van der Waals surface area (Å²) in [4.78, 5) is 9.72. The largest absolute Gasteiger partial charge is 0.287 e. The van der Waals surface area contributed by atoms with Gasteiger partial charge in [-0.3, -0.25) is 4.79 Å². The molecule has 0 aliphatic rings. The monoisotopic (exact) mass is 202 g/mol. The molecule has 0 saturated heterocycles. The van der Waals surface area contributed by atoms with Crippen molar-refractivity contribution in [3.8, 4) is 0 Å². The minimum atomic E-state index is 0.0888. The lowest BCUT2D eigenvalue weighted by atomic mass is 10.9. The van der Waals surface area contributed by atoms with Crippen LogP contribution in [-0.2, 0) is 4.79 Å². The van der Waals surface area contributed by atoms with Crippen LogP contribution < -0.4 is 0 Å². The minimum Gasteiger partial charge on any atom is -0.287 e. The van der Waals surface area contributed by atoms with E-state index in [1.807, 2.05) is 0 Å². The second kappa shape index (κ2) is 2.96. The summed E-state index contributed by atoms with van der Waals surface area (Å²) in [6, 6.07) is 0. The molecule has 0 heterocycles. The summed E-state index contributed by atoms with van der Waals surface area (Å²) in [6.07, 6.45) is 0. The van der Waals surface area contributed by atoms with E-state index in [2.05, 4.69) is 12.6 Å². The van der Waals surface area contributed by atoms with Gasteiger partial charge in [0, 0.05) is 22.6 Å². The van der Waals surface area contributed by atoms with E-state index in [0.717, 1.165) is 0 Å². The maximum absolute atomic E-state index is 9.72. The summed E-state index contributed by atoms with van der Waals surface area (Å²) in [7, 11) is 0. The van der Waals surface area contributed by atoms with Gasteiger partial charge in [-0.1, -0.05) is 0 Å². The molecule has 0 unspecified atom stereocenters. The van der Waals surface area contributed by atoms with Crippen molar-refractivity contribution in [1.29, 1.82) is 0 Å². The van der Waals surface area contributed by atoms with E-state index in [1.54, 1.807) is 22.6 Å².